The van der Waals surface area contributed by atoms with Gasteiger partial charge in [-0.15, -0.1) is 0 Å². The van der Waals surface area contributed by atoms with E-state index in [1.807, 2.05) is 30.3 Å². The summed E-state index contributed by atoms with van der Waals surface area (Å²) in [7, 11) is -4.15. The normalized spacial score (nSPS) is 13.0. The Kier molecular flexibility index (Phi) is 5.06. The molecule has 0 amide bonds. The van der Waals surface area contributed by atoms with Crippen LogP contribution in [0.25, 0.3) is 0 Å². The molecule has 0 saturated heterocycles. The van der Waals surface area contributed by atoms with E-state index in [-0.39, 0.29) is 4.90 Å². The highest BCUT2D eigenvalue weighted by molar-refractivity contribution is 7.90. The molecule has 0 radical (unpaired) electrons. The van der Waals surface area contributed by atoms with Crippen molar-refractivity contribution in [2.45, 2.75) is 24.5 Å². The molecule has 4 nitrogen and oxygen atoms in total. The largest absolute Gasteiger partial charge is 0.497 e. The van der Waals surface area contributed by atoms with E-state index in [4.69, 9.17) is 4.74 Å². The molecule has 0 bridgehead atoms. The van der Waals surface area contributed by atoms with Crippen LogP contribution in [-0.4, -0.2) is 28.9 Å². The highest BCUT2D eigenvalue weighted by atomic mass is 32.2. The third kappa shape index (κ3) is 4.30. The number of ether oxygens (including phenoxy) is 1. The zero-order valence-corrected chi connectivity index (χ0v) is 15.6. The third-order valence-corrected chi connectivity index (χ3v) is 6.60. The summed E-state index contributed by atoms with van der Waals surface area (Å²) in [5.74, 6) is 0.612. The van der Waals surface area contributed by atoms with E-state index in [1.165, 1.54) is 12.1 Å². The summed E-state index contributed by atoms with van der Waals surface area (Å²) in [5.41, 5.74) is 0.865. The minimum absolute atomic E-state index is 0.171. The zero-order chi connectivity index (χ0) is 17.1. The van der Waals surface area contributed by atoms with Gasteiger partial charge in [0.15, 0.2) is 0 Å². The van der Waals surface area contributed by atoms with Gasteiger partial charge in [0.2, 0.25) is 0 Å². The Morgan fingerprint density at radius 2 is 1.52 bits per heavy atom. The SMILES string of the molecule is COc1ccc(S(=O)(=O)N=C(c2ccccc2)[Si](C)(C)C)cc1. The standard InChI is InChI=1S/C17H21NO3SSi/c1-21-15-10-12-16(13-11-15)22(19,20)18-17(23(2,3)4)14-8-6-5-7-9-14/h5-13H,1-4H3. The lowest BCUT2D eigenvalue weighted by atomic mass is 10.2. The summed E-state index contributed by atoms with van der Waals surface area (Å²) in [6.45, 7) is 6.26. The second-order valence-corrected chi connectivity index (χ2v) is 12.8. The van der Waals surface area contributed by atoms with Crippen LogP contribution in [-0.2, 0) is 10.0 Å². The van der Waals surface area contributed by atoms with Crippen molar-refractivity contribution in [2.24, 2.45) is 4.40 Å². The molecule has 0 aromatic heterocycles. The molecule has 2 rings (SSSR count). The Balaban J connectivity index is 2.53. The van der Waals surface area contributed by atoms with Crippen LogP contribution in [0, 0.1) is 0 Å². The predicted molar refractivity (Wildman–Crippen MR) is 96.5 cm³/mol. The first kappa shape index (κ1) is 17.4. The predicted octanol–water partition coefficient (Wildman–Crippen LogP) is 3.75. The van der Waals surface area contributed by atoms with Crippen LogP contribution < -0.4 is 4.74 Å². The molecule has 6 heteroatoms. The van der Waals surface area contributed by atoms with E-state index >= 15 is 0 Å². The Labute approximate surface area is 138 Å². The molecule has 23 heavy (non-hydrogen) atoms. The van der Waals surface area contributed by atoms with Gasteiger partial charge in [0, 0.05) is 5.33 Å². The van der Waals surface area contributed by atoms with Crippen LogP contribution in [0.15, 0.2) is 63.9 Å². The van der Waals surface area contributed by atoms with E-state index in [0.29, 0.717) is 11.1 Å². The molecule has 0 saturated carbocycles. The second-order valence-electron chi connectivity index (χ2n) is 6.21. The molecule has 0 heterocycles. The van der Waals surface area contributed by atoms with E-state index in [0.717, 1.165) is 5.56 Å². The van der Waals surface area contributed by atoms with Gasteiger partial charge in [0.1, 0.15) is 13.8 Å². The van der Waals surface area contributed by atoms with Gasteiger partial charge >= 0.3 is 0 Å². The summed E-state index contributed by atoms with van der Waals surface area (Å²) in [6.07, 6.45) is 0. The van der Waals surface area contributed by atoms with Gasteiger partial charge < -0.3 is 4.74 Å². The summed E-state index contributed by atoms with van der Waals surface area (Å²) < 4.78 is 34.6. The fraction of sp³-hybridized carbons (Fsp3) is 0.235. The maximum absolute atomic E-state index is 12.7. The average Bonchev–Trinajstić information content (AvgIpc) is 2.52. The monoisotopic (exact) mass is 347 g/mol. The minimum Gasteiger partial charge on any atom is -0.497 e. The molecule has 2 aromatic carbocycles. The molecule has 0 N–H and O–H groups in total. The van der Waals surface area contributed by atoms with Crippen molar-refractivity contribution in [3.05, 3.63) is 60.2 Å². The molecule has 2 aromatic rings. The van der Waals surface area contributed by atoms with Crippen molar-refractivity contribution in [3.63, 3.8) is 0 Å². The third-order valence-electron chi connectivity index (χ3n) is 3.33. The molecule has 0 unspecified atom stereocenters. The number of benzene rings is 2. The van der Waals surface area contributed by atoms with E-state index in [2.05, 4.69) is 24.0 Å². The van der Waals surface area contributed by atoms with Gasteiger partial charge in [-0.1, -0.05) is 50.0 Å². The zero-order valence-electron chi connectivity index (χ0n) is 13.8. The first-order valence-corrected chi connectivity index (χ1v) is 12.2. The van der Waals surface area contributed by atoms with Crippen molar-refractivity contribution < 1.29 is 13.2 Å². The number of hydrogen-bond acceptors (Lipinski definition) is 3. The van der Waals surface area contributed by atoms with Crippen molar-refractivity contribution in [1.82, 2.24) is 0 Å². The molecule has 0 aliphatic rings. The van der Waals surface area contributed by atoms with Crippen molar-refractivity contribution >= 4 is 23.4 Å². The molecule has 0 atom stereocenters. The van der Waals surface area contributed by atoms with Gasteiger partial charge in [-0.3, -0.25) is 0 Å². The first-order chi connectivity index (χ1) is 10.7. The lowest BCUT2D eigenvalue weighted by Gasteiger charge is -2.19. The Morgan fingerprint density at radius 1 is 0.957 bits per heavy atom. The van der Waals surface area contributed by atoms with Crippen molar-refractivity contribution in [3.8, 4) is 5.75 Å². The number of hydrogen-bond donors (Lipinski definition) is 0. The molecule has 0 aliphatic heterocycles. The van der Waals surface area contributed by atoms with Gasteiger partial charge in [-0.05, 0) is 29.8 Å². The van der Waals surface area contributed by atoms with Gasteiger partial charge in [-0.2, -0.15) is 12.8 Å². The number of methoxy groups -OCH3 is 1. The van der Waals surface area contributed by atoms with E-state index in [1.54, 1.807) is 19.2 Å². The number of rotatable bonds is 5. The van der Waals surface area contributed by atoms with Crippen LogP contribution in [0.2, 0.25) is 19.6 Å². The summed E-state index contributed by atoms with van der Waals surface area (Å²) in [5, 5.41) is 0.675. The summed E-state index contributed by atoms with van der Waals surface area (Å²) >= 11 is 0. The van der Waals surface area contributed by atoms with Crippen molar-refractivity contribution in [1.29, 1.82) is 0 Å². The van der Waals surface area contributed by atoms with Gasteiger partial charge in [0.05, 0.1) is 12.0 Å². The Hall–Kier alpha value is -1.92. The lowest BCUT2D eigenvalue weighted by molar-refractivity contribution is 0.414. The quantitative estimate of drug-likeness (QED) is 0.611. The van der Waals surface area contributed by atoms with E-state index in [9.17, 15) is 8.42 Å². The van der Waals surface area contributed by atoms with Crippen LogP contribution in [0.1, 0.15) is 5.56 Å². The van der Waals surface area contributed by atoms with Crippen LogP contribution >= 0.6 is 0 Å². The van der Waals surface area contributed by atoms with Gasteiger partial charge in [0.25, 0.3) is 10.0 Å². The summed E-state index contributed by atoms with van der Waals surface area (Å²) in [4.78, 5) is 0.171. The fourth-order valence-electron chi connectivity index (χ4n) is 2.14. The summed E-state index contributed by atoms with van der Waals surface area (Å²) in [6, 6.07) is 15.8. The lowest BCUT2D eigenvalue weighted by Crippen LogP contribution is -2.35. The molecule has 0 fully saturated rings. The Morgan fingerprint density at radius 3 is 2.00 bits per heavy atom. The van der Waals surface area contributed by atoms with Crippen LogP contribution in [0.3, 0.4) is 0 Å². The van der Waals surface area contributed by atoms with Crippen LogP contribution in [0.4, 0.5) is 0 Å². The maximum atomic E-state index is 12.7. The molecular weight excluding hydrogens is 326 g/mol. The minimum atomic E-state index is -3.75. The molecule has 0 spiro atoms. The first-order valence-electron chi connectivity index (χ1n) is 7.29. The molecule has 0 aliphatic carbocycles. The molecular formula is C17H21NO3SSi. The van der Waals surface area contributed by atoms with Gasteiger partial charge in [-0.25, -0.2) is 0 Å². The maximum Gasteiger partial charge on any atom is 0.282 e. The topological polar surface area (TPSA) is 55.7 Å². The van der Waals surface area contributed by atoms with E-state index < -0.39 is 18.1 Å². The molecule has 122 valence electrons. The number of nitrogens with zero attached hydrogens (tertiary/aromatic N) is 1. The van der Waals surface area contributed by atoms with Crippen LogP contribution in [0.5, 0.6) is 5.75 Å². The highest BCUT2D eigenvalue weighted by Gasteiger charge is 2.26. The average molecular weight is 348 g/mol. The Bertz CT molecular complexity index is 792. The smallest absolute Gasteiger partial charge is 0.282 e. The highest BCUT2D eigenvalue weighted by Crippen LogP contribution is 2.21. The number of sulfonamides is 1. The van der Waals surface area contributed by atoms with Crippen molar-refractivity contribution in [2.75, 3.05) is 7.11 Å². The second kappa shape index (κ2) is 6.68. The fourth-order valence-corrected chi connectivity index (χ4v) is 5.56.